The number of aliphatic imine (C=N–C) groups is 1. The molecule has 0 aromatic heterocycles. The van der Waals surface area contributed by atoms with Gasteiger partial charge in [0, 0.05) is 0 Å². The monoisotopic (exact) mass is 216 g/mol. The molecule has 1 fully saturated rings. The van der Waals surface area contributed by atoms with E-state index in [-0.39, 0.29) is 5.41 Å². The zero-order chi connectivity index (χ0) is 11.4. The number of nitrogens with one attached hydrogen (secondary N) is 1. The molecule has 2 heteroatoms. The fraction of sp³-hybridized carbons (Fsp3) is 0.643. The molecule has 16 heavy (non-hydrogen) atoms. The lowest BCUT2D eigenvalue weighted by molar-refractivity contribution is 0.187. The predicted molar refractivity (Wildman–Crippen MR) is 66.7 cm³/mol. The van der Waals surface area contributed by atoms with E-state index in [1.807, 2.05) is 6.08 Å². The van der Waals surface area contributed by atoms with E-state index in [0.717, 1.165) is 18.0 Å². The van der Waals surface area contributed by atoms with Crippen molar-refractivity contribution in [1.29, 1.82) is 5.41 Å². The first-order chi connectivity index (χ1) is 7.74. The molecule has 0 aromatic rings. The maximum atomic E-state index is 6.93. The van der Waals surface area contributed by atoms with Crippen LogP contribution in [0.5, 0.6) is 0 Å². The van der Waals surface area contributed by atoms with Crippen molar-refractivity contribution < 1.29 is 0 Å². The third-order valence-corrected chi connectivity index (χ3v) is 4.06. The van der Waals surface area contributed by atoms with Gasteiger partial charge in [0.2, 0.25) is 0 Å². The first-order valence-corrected chi connectivity index (χ1v) is 6.25. The minimum atomic E-state index is 0.255. The predicted octanol–water partition coefficient (Wildman–Crippen LogP) is 4.17. The van der Waals surface area contributed by atoms with E-state index in [4.69, 9.17) is 5.41 Å². The van der Waals surface area contributed by atoms with Gasteiger partial charge in [0.1, 0.15) is 0 Å². The van der Waals surface area contributed by atoms with Gasteiger partial charge < -0.3 is 0 Å². The van der Waals surface area contributed by atoms with Gasteiger partial charge in [-0.25, -0.2) is 5.41 Å². The molecule has 0 radical (unpaired) electrons. The second-order valence-electron chi connectivity index (χ2n) is 5.26. The molecule has 2 rings (SSSR count). The van der Waals surface area contributed by atoms with Crippen molar-refractivity contribution in [3.8, 4) is 0 Å². The summed E-state index contributed by atoms with van der Waals surface area (Å²) in [7, 11) is 0. The molecule has 86 valence electrons. The van der Waals surface area contributed by atoms with E-state index in [0.29, 0.717) is 0 Å². The second kappa shape index (κ2) is 4.80. The van der Waals surface area contributed by atoms with Crippen LogP contribution in [-0.2, 0) is 0 Å². The Bertz CT molecular complexity index is 355. The minimum Gasteiger partial charge on any atom is -0.241 e. The Morgan fingerprint density at radius 3 is 2.81 bits per heavy atom. The van der Waals surface area contributed by atoms with E-state index >= 15 is 0 Å². The van der Waals surface area contributed by atoms with Crippen LogP contribution in [0.4, 0.5) is 0 Å². The van der Waals surface area contributed by atoms with Gasteiger partial charge in [-0.3, -0.25) is 0 Å². The third kappa shape index (κ3) is 2.33. The summed E-state index contributed by atoms with van der Waals surface area (Å²) in [6, 6.07) is 2.15. The summed E-state index contributed by atoms with van der Waals surface area (Å²) < 4.78 is 0. The number of rotatable bonds is 2. The maximum absolute atomic E-state index is 6.93. The van der Waals surface area contributed by atoms with E-state index < -0.39 is 0 Å². The largest absolute Gasteiger partial charge is 0.241 e. The van der Waals surface area contributed by atoms with Crippen LogP contribution in [0.1, 0.15) is 45.4 Å². The van der Waals surface area contributed by atoms with Gasteiger partial charge in [0.15, 0.2) is 0 Å². The highest BCUT2D eigenvalue weighted by Gasteiger charge is 2.34. The standard InChI is InChI=1S/C14H20N2/c1-14(12-6-3-2-4-7-12)9-5-8-13(10-14)16-11-15/h5,8-9,12,15H,2-4,6-7,10H2,1H3. The Hall–Kier alpha value is -1.14. The molecule has 0 aliphatic heterocycles. The Kier molecular flexibility index (Phi) is 3.40. The van der Waals surface area contributed by atoms with Crippen molar-refractivity contribution in [3.05, 3.63) is 23.9 Å². The van der Waals surface area contributed by atoms with E-state index in [1.165, 1.54) is 32.1 Å². The van der Waals surface area contributed by atoms with Crippen LogP contribution >= 0.6 is 0 Å². The van der Waals surface area contributed by atoms with Gasteiger partial charge in [-0.1, -0.05) is 38.3 Å². The Labute approximate surface area is 97.7 Å². The van der Waals surface area contributed by atoms with Crippen LogP contribution in [0.3, 0.4) is 0 Å². The topological polar surface area (TPSA) is 36.2 Å². The van der Waals surface area contributed by atoms with Crippen molar-refractivity contribution in [2.45, 2.75) is 45.4 Å². The lowest BCUT2D eigenvalue weighted by atomic mass is 9.66. The van der Waals surface area contributed by atoms with Gasteiger partial charge in [0.25, 0.3) is 0 Å². The van der Waals surface area contributed by atoms with E-state index in [1.54, 1.807) is 0 Å². The Morgan fingerprint density at radius 1 is 1.38 bits per heavy atom. The molecule has 2 aliphatic carbocycles. The highest BCUT2D eigenvalue weighted by molar-refractivity contribution is 5.41. The first kappa shape index (κ1) is 11.3. The zero-order valence-corrected chi connectivity index (χ0v) is 10.00. The zero-order valence-electron chi connectivity index (χ0n) is 10.00. The number of hydrogen-bond donors (Lipinski definition) is 1. The van der Waals surface area contributed by atoms with Crippen molar-refractivity contribution in [2.24, 2.45) is 16.3 Å². The van der Waals surface area contributed by atoms with Crippen LogP contribution < -0.4 is 0 Å². The molecule has 0 saturated heterocycles. The summed E-state index contributed by atoms with van der Waals surface area (Å²) >= 11 is 0. The lowest BCUT2D eigenvalue weighted by Gasteiger charge is -2.39. The minimum absolute atomic E-state index is 0.255. The molecule has 1 atom stereocenters. The van der Waals surface area contributed by atoms with Gasteiger partial charge in [-0.05, 0) is 36.7 Å². The van der Waals surface area contributed by atoms with E-state index in [9.17, 15) is 0 Å². The van der Waals surface area contributed by atoms with Crippen molar-refractivity contribution in [3.63, 3.8) is 0 Å². The summed E-state index contributed by atoms with van der Waals surface area (Å²) in [5.74, 6) is 0.794. The molecule has 0 spiro atoms. The quantitative estimate of drug-likeness (QED) is 0.673. The average Bonchev–Trinajstić information content (AvgIpc) is 2.31. The summed E-state index contributed by atoms with van der Waals surface area (Å²) in [4.78, 5) is 4.00. The van der Waals surface area contributed by atoms with Crippen molar-refractivity contribution in [1.82, 2.24) is 0 Å². The molecule has 1 saturated carbocycles. The summed E-state index contributed by atoms with van der Waals surface area (Å²) in [6.07, 6.45) is 14.3. The first-order valence-electron chi connectivity index (χ1n) is 6.25. The third-order valence-electron chi connectivity index (χ3n) is 4.06. The summed E-state index contributed by atoms with van der Waals surface area (Å²) in [5, 5.41) is 6.93. The Balaban J connectivity index is 2.11. The van der Waals surface area contributed by atoms with Crippen molar-refractivity contribution >= 4 is 6.01 Å². The molecule has 1 N–H and O–H groups in total. The van der Waals surface area contributed by atoms with Crippen LogP contribution in [0.2, 0.25) is 0 Å². The van der Waals surface area contributed by atoms with Crippen LogP contribution in [-0.4, -0.2) is 6.01 Å². The number of allylic oxidation sites excluding steroid dienone is 4. The summed E-state index contributed by atoms with van der Waals surface area (Å²) in [6.45, 7) is 2.34. The molecule has 0 amide bonds. The SMILES string of the molecule is CC1(C2CCCCC2)C=CC=C(N=C=N)C1. The molecule has 1 unspecified atom stereocenters. The maximum Gasteiger partial charge on any atom is 0.0914 e. The summed E-state index contributed by atoms with van der Waals surface area (Å²) in [5.41, 5.74) is 1.26. The number of nitrogens with zero attached hydrogens (tertiary/aromatic N) is 1. The number of hydrogen-bond acceptors (Lipinski definition) is 2. The molecule has 0 bridgehead atoms. The smallest absolute Gasteiger partial charge is 0.0914 e. The van der Waals surface area contributed by atoms with Crippen LogP contribution in [0.15, 0.2) is 28.9 Å². The van der Waals surface area contributed by atoms with E-state index in [2.05, 4.69) is 30.1 Å². The molecular formula is C14H20N2. The van der Waals surface area contributed by atoms with Crippen LogP contribution in [0.25, 0.3) is 0 Å². The van der Waals surface area contributed by atoms with Gasteiger partial charge >= 0.3 is 0 Å². The van der Waals surface area contributed by atoms with Gasteiger partial charge in [-0.2, -0.15) is 4.99 Å². The van der Waals surface area contributed by atoms with Crippen LogP contribution in [0, 0.1) is 16.7 Å². The molecular weight excluding hydrogens is 196 g/mol. The highest BCUT2D eigenvalue weighted by atomic mass is 14.8. The molecule has 0 heterocycles. The molecule has 0 aromatic carbocycles. The fourth-order valence-corrected chi connectivity index (χ4v) is 3.08. The normalized spacial score (nSPS) is 30.7. The Morgan fingerprint density at radius 2 is 2.12 bits per heavy atom. The lowest BCUT2D eigenvalue weighted by Crippen LogP contribution is -2.28. The fourth-order valence-electron chi connectivity index (χ4n) is 3.08. The van der Waals surface area contributed by atoms with Gasteiger partial charge in [0.05, 0.1) is 11.7 Å². The average molecular weight is 216 g/mol. The van der Waals surface area contributed by atoms with Crippen molar-refractivity contribution in [2.75, 3.05) is 0 Å². The molecule has 2 nitrogen and oxygen atoms in total. The second-order valence-corrected chi connectivity index (χ2v) is 5.26. The van der Waals surface area contributed by atoms with Gasteiger partial charge in [-0.15, -0.1) is 0 Å². The molecule has 2 aliphatic rings. The highest BCUT2D eigenvalue weighted by Crippen LogP contribution is 2.45.